The Morgan fingerprint density at radius 3 is 2.83 bits per heavy atom. The molecule has 0 amide bonds. The molecule has 0 aliphatic heterocycles. The highest BCUT2D eigenvalue weighted by Gasteiger charge is 2.13. The van der Waals surface area contributed by atoms with Crippen molar-refractivity contribution in [1.29, 1.82) is 0 Å². The summed E-state index contributed by atoms with van der Waals surface area (Å²) in [4.78, 5) is 0. The second-order valence-corrected chi connectivity index (χ2v) is 5.00. The van der Waals surface area contributed by atoms with Gasteiger partial charge < -0.3 is 0 Å². The number of aromatic nitrogens is 2. The van der Waals surface area contributed by atoms with Crippen LogP contribution in [0.3, 0.4) is 0 Å². The second kappa shape index (κ2) is 6.13. The van der Waals surface area contributed by atoms with Crippen LogP contribution in [0, 0.1) is 0 Å². The molecule has 5 heteroatoms. The third-order valence-electron chi connectivity index (χ3n) is 2.96. The summed E-state index contributed by atoms with van der Waals surface area (Å²) in [5.41, 5.74) is 5.19. The highest BCUT2D eigenvalue weighted by molar-refractivity contribution is 9.10. The van der Waals surface area contributed by atoms with Crippen molar-refractivity contribution in [2.45, 2.75) is 25.9 Å². The molecule has 0 spiro atoms. The first-order valence-corrected chi connectivity index (χ1v) is 6.75. The van der Waals surface area contributed by atoms with Crippen molar-refractivity contribution >= 4 is 15.9 Å². The SMILES string of the molecule is CCn1cc(C(Cc2ccccc2Br)NN)cn1. The fourth-order valence-corrected chi connectivity index (χ4v) is 2.34. The molecular formula is C13H17BrN4. The van der Waals surface area contributed by atoms with E-state index in [0.29, 0.717) is 0 Å². The Hall–Kier alpha value is -1.17. The normalized spacial score (nSPS) is 12.6. The number of benzene rings is 1. The Kier molecular flexibility index (Phi) is 4.52. The van der Waals surface area contributed by atoms with E-state index in [-0.39, 0.29) is 6.04 Å². The van der Waals surface area contributed by atoms with E-state index in [2.05, 4.69) is 39.4 Å². The number of aryl methyl sites for hydroxylation is 1. The molecule has 96 valence electrons. The van der Waals surface area contributed by atoms with Crippen molar-refractivity contribution in [3.05, 3.63) is 52.3 Å². The van der Waals surface area contributed by atoms with Crippen molar-refractivity contribution in [3.63, 3.8) is 0 Å². The summed E-state index contributed by atoms with van der Waals surface area (Å²) < 4.78 is 3.01. The average Bonchev–Trinajstić information content (AvgIpc) is 2.86. The highest BCUT2D eigenvalue weighted by Crippen LogP contribution is 2.23. The van der Waals surface area contributed by atoms with Crippen LogP contribution in [0.15, 0.2) is 41.1 Å². The zero-order chi connectivity index (χ0) is 13.0. The van der Waals surface area contributed by atoms with Crippen molar-refractivity contribution < 1.29 is 0 Å². The predicted octanol–water partition coefficient (Wildman–Crippen LogP) is 2.41. The van der Waals surface area contributed by atoms with Crippen LogP contribution in [0.5, 0.6) is 0 Å². The molecule has 1 unspecified atom stereocenters. The van der Waals surface area contributed by atoms with Crippen LogP contribution < -0.4 is 11.3 Å². The molecule has 0 fully saturated rings. The molecule has 18 heavy (non-hydrogen) atoms. The van der Waals surface area contributed by atoms with Crippen molar-refractivity contribution in [3.8, 4) is 0 Å². The molecule has 1 heterocycles. The quantitative estimate of drug-likeness (QED) is 0.659. The van der Waals surface area contributed by atoms with Crippen LogP contribution >= 0.6 is 15.9 Å². The number of nitrogens with one attached hydrogen (secondary N) is 1. The lowest BCUT2D eigenvalue weighted by Crippen LogP contribution is -2.29. The maximum Gasteiger partial charge on any atom is 0.0538 e. The number of hydrogen-bond donors (Lipinski definition) is 2. The number of hydrazine groups is 1. The smallest absolute Gasteiger partial charge is 0.0538 e. The van der Waals surface area contributed by atoms with Crippen LogP contribution in [0.1, 0.15) is 24.1 Å². The van der Waals surface area contributed by atoms with Crippen LogP contribution in [-0.2, 0) is 13.0 Å². The van der Waals surface area contributed by atoms with E-state index in [0.717, 1.165) is 23.0 Å². The average molecular weight is 309 g/mol. The van der Waals surface area contributed by atoms with Gasteiger partial charge >= 0.3 is 0 Å². The summed E-state index contributed by atoms with van der Waals surface area (Å²) in [6.45, 7) is 2.93. The van der Waals surface area contributed by atoms with Crippen LogP contribution in [0.4, 0.5) is 0 Å². The molecule has 0 aliphatic carbocycles. The van der Waals surface area contributed by atoms with Gasteiger partial charge in [-0.25, -0.2) is 0 Å². The molecule has 0 saturated heterocycles. The fourth-order valence-electron chi connectivity index (χ4n) is 1.89. The Labute approximate surface area is 115 Å². The summed E-state index contributed by atoms with van der Waals surface area (Å²) in [6, 6.07) is 8.25. The van der Waals surface area contributed by atoms with Crippen molar-refractivity contribution in [2.75, 3.05) is 0 Å². The fraction of sp³-hybridized carbons (Fsp3) is 0.308. The number of nitrogens with two attached hydrogens (primary N) is 1. The van der Waals surface area contributed by atoms with E-state index < -0.39 is 0 Å². The molecule has 2 rings (SSSR count). The Morgan fingerprint density at radius 1 is 1.44 bits per heavy atom. The first kappa shape index (κ1) is 13.3. The number of rotatable bonds is 5. The lowest BCUT2D eigenvalue weighted by molar-refractivity contribution is 0.549. The monoisotopic (exact) mass is 308 g/mol. The standard InChI is InChI=1S/C13H17BrN4/c1-2-18-9-11(8-16-18)13(17-15)7-10-5-3-4-6-12(10)14/h3-6,8-9,13,17H,2,7,15H2,1H3. The number of nitrogens with zero attached hydrogens (tertiary/aromatic N) is 2. The van der Waals surface area contributed by atoms with E-state index in [9.17, 15) is 0 Å². The predicted molar refractivity (Wildman–Crippen MR) is 75.8 cm³/mol. The molecular weight excluding hydrogens is 292 g/mol. The molecule has 0 aliphatic rings. The van der Waals surface area contributed by atoms with Gasteiger partial charge in [0, 0.05) is 22.8 Å². The van der Waals surface area contributed by atoms with Gasteiger partial charge in [0.05, 0.1) is 12.2 Å². The number of hydrogen-bond acceptors (Lipinski definition) is 3. The summed E-state index contributed by atoms with van der Waals surface area (Å²) in [7, 11) is 0. The van der Waals surface area contributed by atoms with Gasteiger partial charge in [0.25, 0.3) is 0 Å². The summed E-state index contributed by atoms with van der Waals surface area (Å²) in [5.74, 6) is 5.65. The summed E-state index contributed by atoms with van der Waals surface area (Å²) in [6.07, 6.45) is 4.72. The highest BCUT2D eigenvalue weighted by atomic mass is 79.9. The van der Waals surface area contributed by atoms with Gasteiger partial charge in [-0.05, 0) is 25.0 Å². The van der Waals surface area contributed by atoms with Gasteiger partial charge in [-0.3, -0.25) is 16.0 Å². The van der Waals surface area contributed by atoms with Gasteiger partial charge in [0.1, 0.15) is 0 Å². The maximum absolute atomic E-state index is 5.65. The summed E-state index contributed by atoms with van der Waals surface area (Å²) in [5, 5.41) is 4.28. The Morgan fingerprint density at radius 2 is 2.22 bits per heavy atom. The van der Waals surface area contributed by atoms with E-state index in [4.69, 9.17) is 5.84 Å². The van der Waals surface area contributed by atoms with E-state index in [1.807, 2.05) is 35.3 Å². The molecule has 1 aromatic heterocycles. The van der Waals surface area contributed by atoms with Crippen molar-refractivity contribution in [1.82, 2.24) is 15.2 Å². The molecule has 3 N–H and O–H groups in total. The zero-order valence-electron chi connectivity index (χ0n) is 10.3. The molecule has 1 aromatic carbocycles. The van der Waals surface area contributed by atoms with Gasteiger partial charge in [-0.15, -0.1) is 0 Å². The third-order valence-corrected chi connectivity index (χ3v) is 3.74. The Bertz CT molecular complexity index is 509. The zero-order valence-corrected chi connectivity index (χ0v) is 11.9. The largest absolute Gasteiger partial charge is 0.273 e. The summed E-state index contributed by atoms with van der Waals surface area (Å²) >= 11 is 3.56. The van der Waals surface area contributed by atoms with Gasteiger partial charge in [-0.1, -0.05) is 34.1 Å². The first-order chi connectivity index (χ1) is 8.74. The molecule has 0 radical (unpaired) electrons. The topological polar surface area (TPSA) is 55.9 Å². The van der Waals surface area contributed by atoms with E-state index >= 15 is 0 Å². The van der Waals surface area contributed by atoms with E-state index in [1.54, 1.807) is 0 Å². The molecule has 2 aromatic rings. The second-order valence-electron chi connectivity index (χ2n) is 4.14. The lowest BCUT2D eigenvalue weighted by Gasteiger charge is -2.15. The van der Waals surface area contributed by atoms with Gasteiger partial charge in [-0.2, -0.15) is 5.10 Å². The molecule has 4 nitrogen and oxygen atoms in total. The minimum absolute atomic E-state index is 0.0731. The van der Waals surface area contributed by atoms with Crippen molar-refractivity contribution in [2.24, 2.45) is 5.84 Å². The lowest BCUT2D eigenvalue weighted by atomic mass is 10.0. The molecule has 0 bridgehead atoms. The molecule has 1 atom stereocenters. The minimum atomic E-state index is 0.0731. The Balaban J connectivity index is 2.17. The molecule has 0 saturated carbocycles. The van der Waals surface area contributed by atoms with Gasteiger partial charge in [0.15, 0.2) is 0 Å². The van der Waals surface area contributed by atoms with Crippen LogP contribution in [-0.4, -0.2) is 9.78 Å². The van der Waals surface area contributed by atoms with Crippen LogP contribution in [0.2, 0.25) is 0 Å². The maximum atomic E-state index is 5.65. The van der Waals surface area contributed by atoms with Gasteiger partial charge in [0.2, 0.25) is 0 Å². The number of halogens is 1. The van der Waals surface area contributed by atoms with E-state index in [1.165, 1.54) is 5.56 Å². The minimum Gasteiger partial charge on any atom is -0.273 e. The third kappa shape index (κ3) is 2.98. The first-order valence-electron chi connectivity index (χ1n) is 5.96. The van der Waals surface area contributed by atoms with Crippen LogP contribution in [0.25, 0.3) is 0 Å².